The Morgan fingerprint density at radius 1 is 0.897 bits per heavy atom. The fourth-order valence-electron chi connectivity index (χ4n) is 2.73. The van der Waals surface area contributed by atoms with Crippen molar-refractivity contribution in [2.75, 3.05) is 10.7 Å². The van der Waals surface area contributed by atoms with Crippen LogP contribution in [-0.2, 0) is 11.2 Å². The zero-order valence-corrected chi connectivity index (χ0v) is 16.5. The molecule has 0 saturated heterocycles. The number of aryl methyl sites for hydroxylation is 2. The highest BCUT2D eigenvalue weighted by atomic mass is 16.4. The molecule has 0 spiro atoms. The SMILES string of the molecule is Cc1ccc(NN)c(C)c1.O=C(Cc1ccccc1)Nc1ccccc1C(=O)O. The van der Waals surface area contributed by atoms with Gasteiger partial charge in [-0.15, -0.1) is 0 Å². The summed E-state index contributed by atoms with van der Waals surface area (Å²) in [6, 6.07) is 21.7. The van der Waals surface area contributed by atoms with Gasteiger partial charge < -0.3 is 15.8 Å². The van der Waals surface area contributed by atoms with Crippen LogP contribution in [-0.4, -0.2) is 17.0 Å². The minimum absolute atomic E-state index is 0.0870. The molecule has 0 bridgehead atoms. The maximum atomic E-state index is 11.9. The summed E-state index contributed by atoms with van der Waals surface area (Å²) < 4.78 is 0. The molecule has 0 aliphatic carbocycles. The summed E-state index contributed by atoms with van der Waals surface area (Å²) in [4.78, 5) is 22.9. The Morgan fingerprint density at radius 3 is 2.17 bits per heavy atom. The number of carbonyl (C=O) groups is 2. The maximum absolute atomic E-state index is 11.9. The van der Waals surface area contributed by atoms with Crippen LogP contribution in [0.4, 0.5) is 11.4 Å². The van der Waals surface area contributed by atoms with Crippen molar-refractivity contribution in [2.24, 2.45) is 5.84 Å². The first-order valence-electron chi connectivity index (χ1n) is 9.10. The monoisotopic (exact) mass is 391 g/mol. The summed E-state index contributed by atoms with van der Waals surface area (Å²) in [5.74, 6) is 3.95. The van der Waals surface area contributed by atoms with E-state index in [9.17, 15) is 9.59 Å². The molecule has 150 valence electrons. The molecule has 1 amide bonds. The second kappa shape index (κ2) is 10.6. The molecule has 0 saturated carbocycles. The van der Waals surface area contributed by atoms with Gasteiger partial charge in [0.25, 0.3) is 0 Å². The average Bonchev–Trinajstić information content (AvgIpc) is 2.69. The number of aromatic carboxylic acids is 1. The van der Waals surface area contributed by atoms with E-state index in [4.69, 9.17) is 10.9 Å². The molecule has 0 fully saturated rings. The van der Waals surface area contributed by atoms with Crippen molar-refractivity contribution < 1.29 is 14.7 Å². The predicted molar refractivity (Wildman–Crippen MR) is 116 cm³/mol. The Hall–Kier alpha value is -3.64. The van der Waals surface area contributed by atoms with Gasteiger partial charge in [0, 0.05) is 0 Å². The molecule has 0 unspecified atom stereocenters. The lowest BCUT2D eigenvalue weighted by Crippen LogP contribution is -2.16. The third kappa shape index (κ3) is 6.79. The summed E-state index contributed by atoms with van der Waals surface area (Å²) >= 11 is 0. The molecule has 29 heavy (non-hydrogen) atoms. The Morgan fingerprint density at radius 2 is 1.55 bits per heavy atom. The Kier molecular flexibility index (Phi) is 7.94. The fraction of sp³-hybridized carbons (Fsp3) is 0.130. The smallest absolute Gasteiger partial charge is 0.337 e. The van der Waals surface area contributed by atoms with Crippen LogP contribution in [0.25, 0.3) is 0 Å². The summed E-state index contributed by atoms with van der Waals surface area (Å²) in [5.41, 5.74) is 7.34. The molecule has 0 aliphatic heterocycles. The number of hydrazine groups is 1. The van der Waals surface area contributed by atoms with Gasteiger partial charge in [0.05, 0.1) is 23.4 Å². The van der Waals surface area contributed by atoms with Crippen molar-refractivity contribution in [1.29, 1.82) is 0 Å². The van der Waals surface area contributed by atoms with Crippen LogP contribution >= 0.6 is 0 Å². The number of carbonyl (C=O) groups excluding carboxylic acids is 1. The highest BCUT2D eigenvalue weighted by Gasteiger charge is 2.11. The average molecular weight is 391 g/mol. The van der Waals surface area contributed by atoms with Crippen molar-refractivity contribution in [2.45, 2.75) is 20.3 Å². The number of nitrogen functional groups attached to an aromatic ring is 1. The van der Waals surface area contributed by atoms with Gasteiger partial charge in [0.1, 0.15) is 0 Å². The van der Waals surface area contributed by atoms with Crippen LogP contribution in [0.5, 0.6) is 0 Å². The number of para-hydroxylation sites is 1. The Labute approximate surface area is 170 Å². The molecule has 3 rings (SSSR count). The molecule has 3 aromatic carbocycles. The second-order valence-corrected chi connectivity index (χ2v) is 6.52. The van der Waals surface area contributed by atoms with Crippen molar-refractivity contribution >= 4 is 23.3 Å². The number of nitrogens with one attached hydrogen (secondary N) is 2. The molecule has 5 N–H and O–H groups in total. The van der Waals surface area contributed by atoms with Crippen LogP contribution in [0, 0.1) is 13.8 Å². The molecule has 3 aromatic rings. The van der Waals surface area contributed by atoms with E-state index in [-0.39, 0.29) is 17.9 Å². The van der Waals surface area contributed by atoms with Gasteiger partial charge in [-0.1, -0.05) is 60.2 Å². The number of rotatable bonds is 5. The van der Waals surface area contributed by atoms with Crippen LogP contribution in [0.1, 0.15) is 27.0 Å². The van der Waals surface area contributed by atoms with Crippen LogP contribution < -0.4 is 16.6 Å². The highest BCUT2D eigenvalue weighted by molar-refractivity contribution is 6.00. The molecule has 0 radical (unpaired) electrons. The third-order valence-electron chi connectivity index (χ3n) is 4.18. The molecule has 6 heteroatoms. The quantitative estimate of drug-likeness (QED) is 0.386. The van der Waals surface area contributed by atoms with Crippen LogP contribution in [0.3, 0.4) is 0 Å². The number of benzene rings is 3. The summed E-state index contributed by atoms with van der Waals surface area (Å²) in [7, 11) is 0. The lowest BCUT2D eigenvalue weighted by molar-refractivity contribution is -0.115. The van der Waals surface area contributed by atoms with Gasteiger partial charge >= 0.3 is 5.97 Å². The summed E-state index contributed by atoms with van der Waals surface area (Å²) in [5, 5.41) is 11.6. The van der Waals surface area contributed by atoms with Crippen molar-refractivity contribution in [3.05, 3.63) is 95.1 Å². The van der Waals surface area contributed by atoms with E-state index in [2.05, 4.69) is 23.7 Å². The topological polar surface area (TPSA) is 104 Å². The van der Waals surface area contributed by atoms with Crippen molar-refractivity contribution in [3.63, 3.8) is 0 Å². The van der Waals surface area contributed by atoms with E-state index in [1.54, 1.807) is 18.2 Å². The molecule has 6 nitrogen and oxygen atoms in total. The Bertz CT molecular complexity index is 972. The second-order valence-electron chi connectivity index (χ2n) is 6.52. The number of nitrogens with two attached hydrogens (primary N) is 1. The lowest BCUT2D eigenvalue weighted by atomic mass is 10.1. The fourth-order valence-corrected chi connectivity index (χ4v) is 2.73. The molecule has 0 atom stereocenters. The van der Waals surface area contributed by atoms with E-state index in [0.29, 0.717) is 5.69 Å². The van der Waals surface area contributed by atoms with Gasteiger partial charge in [-0.3, -0.25) is 10.6 Å². The standard InChI is InChI=1S/C15H13NO3.C8H12N2/c17-14(10-11-6-2-1-3-7-11)16-13-9-5-4-8-12(13)15(18)19;1-6-3-4-8(10-9)7(2)5-6/h1-9H,10H2,(H,16,17)(H,18,19);3-5,10H,9H2,1-2H3. The van der Waals surface area contributed by atoms with Gasteiger partial charge in [-0.05, 0) is 43.2 Å². The van der Waals surface area contributed by atoms with E-state index in [1.807, 2.05) is 49.4 Å². The molecule has 0 aromatic heterocycles. The number of hydrogen-bond acceptors (Lipinski definition) is 4. The number of carboxylic acids is 1. The highest BCUT2D eigenvalue weighted by Crippen LogP contribution is 2.15. The minimum Gasteiger partial charge on any atom is -0.478 e. The maximum Gasteiger partial charge on any atom is 0.337 e. The first-order valence-corrected chi connectivity index (χ1v) is 9.10. The zero-order valence-electron chi connectivity index (χ0n) is 16.5. The third-order valence-corrected chi connectivity index (χ3v) is 4.18. The predicted octanol–water partition coefficient (Wildman–Crippen LogP) is 4.16. The minimum atomic E-state index is -1.06. The van der Waals surface area contributed by atoms with Crippen molar-refractivity contribution in [1.82, 2.24) is 0 Å². The molecular formula is C23H25N3O3. The number of hydrogen-bond donors (Lipinski definition) is 4. The lowest BCUT2D eigenvalue weighted by Gasteiger charge is -2.08. The Balaban J connectivity index is 0.000000253. The van der Waals surface area contributed by atoms with Gasteiger partial charge in [-0.2, -0.15) is 0 Å². The largest absolute Gasteiger partial charge is 0.478 e. The first-order chi connectivity index (χ1) is 13.9. The van der Waals surface area contributed by atoms with E-state index < -0.39 is 5.97 Å². The first kappa shape index (κ1) is 21.7. The van der Waals surface area contributed by atoms with Crippen LogP contribution in [0.15, 0.2) is 72.8 Å². The number of anilines is 2. The normalized spacial score (nSPS) is 9.76. The number of amides is 1. The number of carboxylic acid groups (broad SMARTS) is 1. The van der Waals surface area contributed by atoms with Crippen molar-refractivity contribution in [3.8, 4) is 0 Å². The summed E-state index contributed by atoms with van der Waals surface area (Å²) in [6.45, 7) is 4.09. The molecule has 0 heterocycles. The van der Waals surface area contributed by atoms with E-state index in [0.717, 1.165) is 11.3 Å². The van der Waals surface area contributed by atoms with Gasteiger partial charge in [-0.25, -0.2) is 4.79 Å². The zero-order chi connectivity index (χ0) is 21.2. The van der Waals surface area contributed by atoms with E-state index in [1.165, 1.54) is 17.2 Å². The summed E-state index contributed by atoms with van der Waals surface area (Å²) in [6.07, 6.45) is 0.217. The molecule has 0 aliphatic rings. The van der Waals surface area contributed by atoms with Crippen LogP contribution in [0.2, 0.25) is 0 Å². The molecular weight excluding hydrogens is 366 g/mol. The van der Waals surface area contributed by atoms with E-state index >= 15 is 0 Å². The van der Waals surface area contributed by atoms with Gasteiger partial charge in [0.2, 0.25) is 5.91 Å². The van der Waals surface area contributed by atoms with Gasteiger partial charge in [0.15, 0.2) is 0 Å².